The number of anilines is 1. The Balaban J connectivity index is 1.88. The van der Waals surface area contributed by atoms with E-state index in [1.54, 1.807) is 41.8 Å². The van der Waals surface area contributed by atoms with Crippen LogP contribution < -0.4 is 5.32 Å². The van der Waals surface area contributed by atoms with Crippen molar-refractivity contribution in [1.29, 1.82) is 0 Å². The van der Waals surface area contributed by atoms with Gasteiger partial charge in [-0.1, -0.05) is 29.3 Å². The molecule has 1 aromatic carbocycles. The zero-order valence-electron chi connectivity index (χ0n) is 17.4. The first kappa shape index (κ1) is 21.6. The first-order valence-corrected chi connectivity index (χ1v) is 10.4. The van der Waals surface area contributed by atoms with Gasteiger partial charge in [0.15, 0.2) is 0 Å². The summed E-state index contributed by atoms with van der Waals surface area (Å²) in [7, 11) is 3.19. The van der Waals surface area contributed by atoms with Crippen molar-refractivity contribution in [2.75, 3.05) is 19.5 Å². The van der Waals surface area contributed by atoms with Crippen LogP contribution in [0.25, 0.3) is 0 Å². The molecule has 0 saturated carbocycles. The standard InChI is InChI=1S/C22H22Cl2N4O3/c1-13-20(22(29)27-15(11-30-2)5-6-16(27)12-31-3)21(28-19(26-13)8-9-25-28)14-4-7-17(23)18(24)10-14/h4-10,21,26H,11-12H2,1-3H3. The van der Waals surface area contributed by atoms with Gasteiger partial charge in [0.25, 0.3) is 5.91 Å². The summed E-state index contributed by atoms with van der Waals surface area (Å²) in [5.41, 5.74) is 3.55. The molecular formula is C22H22Cl2N4O3. The number of nitrogens with one attached hydrogen (secondary N) is 1. The predicted octanol–water partition coefficient (Wildman–Crippen LogP) is 4.91. The number of carbonyl (C=O) groups excluding carboxylic acids is 1. The van der Waals surface area contributed by atoms with E-state index in [0.717, 1.165) is 28.5 Å². The number of ether oxygens (including phenoxy) is 2. The molecule has 1 unspecified atom stereocenters. The van der Waals surface area contributed by atoms with Crippen molar-refractivity contribution in [1.82, 2.24) is 14.3 Å². The molecule has 3 aromatic rings. The van der Waals surface area contributed by atoms with Crippen LogP contribution in [0.5, 0.6) is 0 Å². The number of hydrogen-bond donors (Lipinski definition) is 1. The molecule has 31 heavy (non-hydrogen) atoms. The molecule has 4 rings (SSSR count). The highest BCUT2D eigenvalue weighted by molar-refractivity contribution is 6.42. The third-order valence-electron chi connectivity index (χ3n) is 5.23. The smallest absolute Gasteiger partial charge is 0.262 e. The third kappa shape index (κ3) is 3.90. The average Bonchev–Trinajstić information content (AvgIpc) is 3.36. The topological polar surface area (TPSA) is 70.3 Å². The van der Waals surface area contributed by atoms with Crippen molar-refractivity contribution in [3.63, 3.8) is 0 Å². The van der Waals surface area contributed by atoms with Gasteiger partial charge in [0.1, 0.15) is 11.9 Å². The van der Waals surface area contributed by atoms with E-state index in [-0.39, 0.29) is 5.91 Å². The lowest BCUT2D eigenvalue weighted by Crippen LogP contribution is -2.32. The Morgan fingerprint density at radius 3 is 2.35 bits per heavy atom. The van der Waals surface area contributed by atoms with E-state index in [1.807, 2.05) is 31.2 Å². The van der Waals surface area contributed by atoms with E-state index in [9.17, 15) is 4.79 Å². The van der Waals surface area contributed by atoms with Crippen LogP contribution in [0.3, 0.4) is 0 Å². The molecule has 1 aliphatic heterocycles. The molecule has 2 aromatic heterocycles. The second kappa shape index (κ2) is 8.88. The lowest BCUT2D eigenvalue weighted by atomic mass is 9.94. The summed E-state index contributed by atoms with van der Waals surface area (Å²) in [5.74, 6) is 0.596. The van der Waals surface area contributed by atoms with Crippen LogP contribution >= 0.6 is 23.2 Å². The SMILES string of the molecule is COCc1ccc(COC)n1C(=O)C1=C(C)Nc2ccnn2C1c1ccc(Cl)c(Cl)c1. The number of nitrogens with zero attached hydrogens (tertiary/aromatic N) is 3. The Labute approximate surface area is 190 Å². The van der Waals surface area contributed by atoms with Crippen LogP contribution in [0.4, 0.5) is 5.82 Å². The molecule has 0 spiro atoms. The Kier molecular flexibility index (Phi) is 6.20. The van der Waals surface area contributed by atoms with Crippen LogP contribution in [-0.4, -0.2) is 34.5 Å². The highest BCUT2D eigenvalue weighted by Gasteiger charge is 2.34. The zero-order chi connectivity index (χ0) is 22.1. The number of rotatable bonds is 6. The second-order valence-corrected chi connectivity index (χ2v) is 8.04. The number of methoxy groups -OCH3 is 2. The highest BCUT2D eigenvalue weighted by Crippen LogP contribution is 2.38. The van der Waals surface area contributed by atoms with E-state index in [1.165, 1.54) is 0 Å². The molecular weight excluding hydrogens is 439 g/mol. The molecule has 0 bridgehead atoms. The lowest BCUT2D eigenvalue weighted by molar-refractivity contribution is 0.0911. The Morgan fingerprint density at radius 1 is 1.06 bits per heavy atom. The van der Waals surface area contributed by atoms with Crippen molar-refractivity contribution >= 4 is 34.9 Å². The second-order valence-electron chi connectivity index (χ2n) is 7.22. The Morgan fingerprint density at radius 2 is 1.74 bits per heavy atom. The molecule has 162 valence electrons. The van der Waals surface area contributed by atoms with E-state index >= 15 is 0 Å². The molecule has 3 heterocycles. The molecule has 7 nitrogen and oxygen atoms in total. The lowest BCUT2D eigenvalue weighted by Gasteiger charge is -2.30. The number of allylic oxidation sites excluding steroid dienone is 2. The van der Waals surface area contributed by atoms with E-state index < -0.39 is 6.04 Å². The van der Waals surface area contributed by atoms with Gasteiger partial charge >= 0.3 is 0 Å². The number of fused-ring (bicyclic) bond motifs is 1. The number of benzene rings is 1. The van der Waals surface area contributed by atoms with Crippen LogP contribution in [0.1, 0.15) is 34.7 Å². The van der Waals surface area contributed by atoms with E-state index in [4.69, 9.17) is 32.7 Å². The summed E-state index contributed by atoms with van der Waals surface area (Å²) >= 11 is 12.5. The maximum absolute atomic E-state index is 14.0. The van der Waals surface area contributed by atoms with Crippen molar-refractivity contribution in [2.45, 2.75) is 26.2 Å². The first-order valence-electron chi connectivity index (χ1n) is 9.64. The van der Waals surface area contributed by atoms with Crippen molar-refractivity contribution < 1.29 is 14.3 Å². The normalized spacial score (nSPS) is 15.7. The minimum atomic E-state index is -0.485. The van der Waals surface area contributed by atoms with Crippen LogP contribution in [0.2, 0.25) is 10.0 Å². The molecule has 9 heteroatoms. The van der Waals surface area contributed by atoms with Gasteiger partial charge in [0, 0.05) is 26.0 Å². The minimum absolute atomic E-state index is 0.189. The summed E-state index contributed by atoms with van der Waals surface area (Å²) in [4.78, 5) is 14.0. The maximum atomic E-state index is 14.0. The van der Waals surface area contributed by atoms with Crippen molar-refractivity contribution in [3.05, 3.63) is 80.9 Å². The largest absolute Gasteiger partial charge is 0.378 e. The van der Waals surface area contributed by atoms with E-state index in [2.05, 4.69) is 10.4 Å². The summed E-state index contributed by atoms with van der Waals surface area (Å²) in [6.07, 6.45) is 1.69. The fourth-order valence-electron chi connectivity index (χ4n) is 3.90. The van der Waals surface area contributed by atoms with Crippen LogP contribution in [0.15, 0.2) is 53.9 Å². The fourth-order valence-corrected chi connectivity index (χ4v) is 4.21. The van der Waals surface area contributed by atoms with Crippen molar-refractivity contribution in [2.24, 2.45) is 0 Å². The van der Waals surface area contributed by atoms with Gasteiger partial charge in [-0.25, -0.2) is 4.68 Å². The number of aromatic nitrogens is 3. The third-order valence-corrected chi connectivity index (χ3v) is 5.97. The molecule has 1 aliphatic rings. The van der Waals surface area contributed by atoms with Crippen LogP contribution in [-0.2, 0) is 22.7 Å². The van der Waals surface area contributed by atoms with Gasteiger partial charge in [0.05, 0.1) is 46.4 Å². The number of halogens is 2. The van der Waals surface area contributed by atoms with Gasteiger partial charge in [-0.05, 0) is 36.8 Å². The monoisotopic (exact) mass is 460 g/mol. The molecule has 0 fully saturated rings. The highest BCUT2D eigenvalue weighted by atomic mass is 35.5. The quantitative estimate of drug-likeness (QED) is 0.565. The van der Waals surface area contributed by atoms with Gasteiger partial charge < -0.3 is 14.8 Å². The predicted molar refractivity (Wildman–Crippen MR) is 120 cm³/mol. The Bertz CT molecular complexity index is 1140. The zero-order valence-corrected chi connectivity index (χ0v) is 18.9. The number of hydrogen-bond acceptors (Lipinski definition) is 5. The number of carbonyl (C=O) groups is 1. The van der Waals surface area contributed by atoms with E-state index in [0.29, 0.717) is 28.8 Å². The first-order chi connectivity index (χ1) is 15.0. The summed E-state index contributed by atoms with van der Waals surface area (Å²) in [5, 5.41) is 8.61. The Hall–Kier alpha value is -2.58. The average molecular weight is 461 g/mol. The molecule has 1 atom stereocenters. The maximum Gasteiger partial charge on any atom is 0.262 e. The van der Waals surface area contributed by atoms with Gasteiger partial charge in [-0.2, -0.15) is 5.10 Å². The van der Waals surface area contributed by atoms with Gasteiger partial charge in [0.2, 0.25) is 0 Å². The molecule has 0 saturated heterocycles. The van der Waals surface area contributed by atoms with Gasteiger partial charge in [-0.15, -0.1) is 0 Å². The fraction of sp³-hybridized carbons (Fsp3) is 0.273. The molecule has 1 N–H and O–H groups in total. The summed E-state index contributed by atoms with van der Waals surface area (Å²) < 4.78 is 14.0. The van der Waals surface area contributed by atoms with Gasteiger partial charge in [-0.3, -0.25) is 9.36 Å². The van der Waals surface area contributed by atoms with Crippen molar-refractivity contribution in [3.8, 4) is 0 Å². The minimum Gasteiger partial charge on any atom is -0.378 e. The molecule has 0 radical (unpaired) electrons. The molecule has 0 aliphatic carbocycles. The molecule has 0 amide bonds. The summed E-state index contributed by atoms with van der Waals surface area (Å²) in [6, 6.07) is 10.5. The van der Waals surface area contributed by atoms with Crippen LogP contribution in [0, 0.1) is 0 Å². The summed E-state index contributed by atoms with van der Waals surface area (Å²) in [6.45, 7) is 2.46.